The SMILES string of the molecule is CC[C@H]1CCCCN1CCCNC(=S)Nc1ccc(Br)c(Cl)c1. The molecule has 1 saturated heterocycles. The molecule has 0 saturated carbocycles. The van der Waals surface area contributed by atoms with Gasteiger partial charge < -0.3 is 15.5 Å². The molecule has 3 nitrogen and oxygen atoms in total. The molecule has 6 heteroatoms. The molecule has 1 aromatic rings. The Kier molecular flexibility index (Phi) is 8.10. The molecule has 1 heterocycles. The van der Waals surface area contributed by atoms with Crippen molar-refractivity contribution in [2.45, 2.75) is 45.1 Å². The second kappa shape index (κ2) is 9.82. The lowest BCUT2D eigenvalue weighted by Gasteiger charge is -2.35. The fraction of sp³-hybridized carbons (Fsp3) is 0.588. The number of nitrogens with zero attached hydrogens (tertiary/aromatic N) is 1. The van der Waals surface area contributed by atoms with E-state index in [0.29, 0.717) is 10.1 Å². The number of benzene rings is 1. The maximum absolute atomic E-state index is 6.08. The Hall–Kier alpha value is -0.360. The maximum Gasteiger partial charge on any atom is 0.170 e. The summed E-state index contributed by atoms with van der Waals surface area (Å²) >= 11 is 14.8. The molecule has 2 rings (SSSR count). The van der Waals surface area contributed by atoms with Crippen LogP contribution in [0.25, 0.3) is 0 Å². The van der Waals surface area contributed by atoms with Crippen LogP contribution in [-0.4, -0.2) is 35.7 Å². The molecule has 0 bridgehead atoms. The summed E-state index contributed by atoms with van der Waals surface area (Å²) in [7, 11) is 0. The number of anilines is 1. The lowest BCUT2D eigenvalue weighted by atomic mass is 10.00. The van der Waals surface area contributed by atoms with Crippen LogP contribution < -0.4 is 10.6 Å². The number of halogens is 2. The summed E-state index contributed by atoms with van der Waals surface area (Å²) in [6.07, 6.45) is 6.45. The summed E-state index contributed by atoms with van der Waals surface area (Å²) in [5.41, 5.74) is 0.901. The molecule has 0 aromatic heterocycles. The van der Waals surface area contributed by atoms with E-state index in [-0.39, 0.29) is 0 Å². The molecule has 1 fully saturated rings. The van der Waals surface area contributed by atoms with Crippen molar-refractivity contribution in [1.82, 2.24) is 10.2 Å². The van der Waals surface area contributed by atoms with E-state index in [0.717, 1.165) is 35.7 Å². The first-order valence-corrected chi connectivity index (χ1v) is 9.92. The zero-order chi connectivity index (χ0) is 16.7. The Bertz CT molecular complexity index is 527. The molecule has 128 valence electrons. The van der Waals surface area contributed by atoms with Crippen molar-refractivity contribution in [3.05, 3.63) is 27.7 Å². The van der Waals surface area contributed by atoms with Crippen molar-refractivity contribution >= 4 is 50.5 Å². The first-order chi connectivity index (χ1) is 11.1. The van der Waals surface area contributed by atoms with Crippen molar-refractivity contribution < 1.29 is 0 Å². The van der Waals surface area contributed by atoms with Gasteiger partial charge >= 0.3 is 0 Å². The quantitative estimate of drug-likeness (QED) is 0.500. The highest BCUT2D eigenvalue weighted by atomic mass is 79.9. The molecule has 0 unspecified atom stereocenters. The normalized spacial score (nSPS) is 18.7. The summed E-state index contributed by atoms with van der Waals surface area (Å²) in [6.45, 7) is 5.59. The number of piperidine rings is 1. The van der Waals surface area contributed by atoms with Crippen LogP contribution in [0, 0.1) is 0 Å². The minimum atomic E-state index is 0.647. The zero-order valence-electron chi connectivity index (χ0n) is 13.6. The average molecular weight is 419 g/mol. The van der Waals surface area contributed by atoms with E-state index in [9.17, 15) is 0 Å². The van der Waals surface area contributed by atoms with Gasteiger partial charge in [-0.25, -0.2) is 0 Å². The van der Waals surface area contributed by atoms with Gasteiger partial charge in [-0.2, -0.15) is 0 Å². The predicted octanol–water partition coefficient (Wildman–Crippen LogP) is 5.04. The monoisotopic (exact) mass is 417 g/mol. The van der Waals surface area contributed by atoms with Gasteiger partial charge in [0, 0.05) is 29.3 Å². The fourth-order valence-corrected chi connectivity index (χ4v) is 3.70. The predicted molar refractivity (Wildman–Crippen MR) is 107 cm³/mol. The van der Waals surface area contributed by atoms with E-state index in [1.165, 1.54) is 32.2 Å². The zero-order valence-corrected chi connectivity index (χ0v) is 16.7. The summed E-state index contributed by atoms with van der Waals surface area (Å²) in [4.78, 5) is 2.64. The first-order valence-electron chi connectivity index (χ1n) is 8.34. The van der Waals surface area contributed by atoms with E-state index in [4.69, 9.17) is 23.8 Å². The van der Waals surface area contributed by atoms with Gasteiger partial charge in [0.25, 0.3) is 0 Å². The van der Waals surface area contributed by atoms with Crippen LogP contribution in [0.5, 0.6) is 0 Å². The van der Waals surface area contributed by atoms with Crippen molar-refractivity contribution in [3.63, 3.8) is 0 Å². The topological polar surface area (TPSA) is 27.3 Å². The van der Waals surface area contributed by atoms with Gasteiger partial charge in [-0.3, -0.25) is 0 Å². The van der Waals surface area contributed by atoms with E-state index >= 15 is 0 Å². The van der Waals surface area contributed by atoms with Crippen LogP contribution in [0.2, 0.25) is 5.02 Å². The third-order valence-corrected chi connectivity index (χ3v) is 5.78. The number of thiocarbonyl (C=S) groups is 1. The van der Waals surface area contributed by atoms with Crippen molar-refractivity contribution in [2.24, 2.45) is 0 Å². The van der Waals surface area contributed by atoms with Crippen LogP contribution in [0.3, 0.4) is 0 Å². The second-order valence-corrected chi connectivity index (χ2v) is 7.63. The van der Waals surface area contributed by atoms with E-state index in [2.05, 4.69) is 38.4 Å². The highest BCUT2D eigenvalue weighted by Crippen LogP contribution is 2.25. The number of hydrogen-bond acceptors (Lipinski definition) is 2. The number of hydrogen-bond donors (Lipinski definition) is 2. The molecule has 0 aliphatic carbocycles. The van der Waals surface area contributed by atoms with Crippen LogP contribution >= 0.6 is 39.7 Å². The van der Waals surface area contributed by atoms with Gasteiger partial charge in [0.05, 0.1) is 5.02 Å². The average Bonchev–Trinajstić information content (AvgIpc) is 2.55. The molecule has 2 N–H and O–H groups in total. The van der Waals surface area contributed by atoms with Gasteiger partial charge in [0.15, 0.2) is 5.11 Å². The second-order valence-electron chi connectivity index (χ2n) is 5.96. The molecule has 1 aliphatic rings. The molecule has 1 aromatic carbocycles. The van der Waals surface area contributed by atoms with E-state index in [1.54, 1.807) is 0 Å². The molecule has 23 heavy (non-hydrogen) atoms. The Morgan fingerprint density at radius 1 is 1.43 bits per heavy atom. The Balaban J connectivity index is 1.67. The van der Waals surface area contributed by atoms with Crippen LogP contribution in [0.15, 0.2) is 22.7 Å². The number of likely N-dealkylation sites (tertiary alicyclic amines) is 1. The molecule has 0 radical (unpaired) electrons. The van der Waals surface area contributed by atoms with Gasteiger partial charge in [-0.1, -0.05) is 24.9 Å². The van der Waals surface area contributed by atoms with E-state index < -0.39 is 0 Å². The van der Waals surface area contributed by atoms with Crippen LogP contribution in [0.1, 0.15) is 39.0 Å². The lowest BCUT2D eigenvalue weighted by Crippen LogP contribution is -2.40. The largest absolute Gasteiger partial charge is 0.362 e. The third-order valence-electron chi connectivity index (χ3n) is 4.31. The van der Waals surface area contributed by atoms with Gasteiger partial charge in [0.1, 0.15) is 0 Å². The number of nitrogens with one attached hydrogen (secondary N) is 2. The smallest absolute Gasteiger partial charge is 0.170 e. The fourth-order valence-electron chi connectivity index (χ4n) is 3.05. The van der Waals surface area contributed by atoms with Crippen molar-refractivity contribution in [3.8, 4) is 0 Å². The van der Waals surface area contributed by atoms with Gasteiger partial charge in [-0.05, 0) is 78.6 Å². The minimum Gasteiger partial charge on any atom is -0.362 e. The van der Waals surface area contributed by atoms with Crippen LogP contribution in [-0.2, 0) is 0 Å². The van der Waals surface area contributed by atoms with Crippen molar-refractivity contribution in [1.29, 1.82) is 0 Å². The molecule has 0 amide bonds. The molecular weight excluding hydrogens is 394 g/mol. The molecule has 1 aliphatic heterocycles. The summed E-state index contributed by atoms with van der Waals surface area (Å²) < 4.78 is 0.885. The maximum atomic E-state index is 6.08. The highest BCUT2D eigenvalue weighted by Gasteiger charge is 2.19. The summed E-state index contributed by atoms with van der Waals surface area (Å²) in [6, 6.07) is 6.50. The summed E-state index contributed by atoms with van der Waals surface area (Å²) in [5, 5.41) is 7.77. The molecular formula is C17H25BrClN3S. The third kappa shape index (κ3) is 6.22. The standard InChI is InChI=1S/C17H25BrClN3S/c1-2-14-6-3-4-10-22(14)11-5-9-20-17(23)21-13-7-8-15(18)16(19)12-13/h7-8,12,14H,2-6,9-11H2,1H3,(H2,20,21,23)/t14-/m0/s1. The van der Waals surface area contributed by atoms with Crippen LogP contribution in [0.4, 0.5) is 5.69 Å². The van der Waals surface area contributed by atoms with Gasteiger partial charge in [0.2, 0.25) is 0 Å². The van der Waals surface area contributed by atoms with Gasteiger partial charge in [-0.15, -0.1) is 0 Å². The molecule has 1 atom stereocenters. The Morgan fingerprint density at radius 2 is 2.26 bits per heavy atom. The molecule has 0 spiro atoms. The summed E-state index contributed by atoms with van der Waals surface area (Å²) in [5.74, 6) is 0. The minimum absolute atomic E-state index is 0.647. The Morgan fingerprint density at radius 3 is 3.00 bits per heavy atom. The van der Waals surface area contributed by atoms with E-state index in [1.807, 2.05) is 18.2 Å². The first kappa shape index (κ1) is 19.0. The van der Waals surface area contributed by atoms with Crippen molar-refractivity contribution in [2.75, 3.05) is 25.0 Å². The highest BCUT2D eigenvalue weighted by molar-refractivity contribution is 9.10. The number of rotatable bonds is 6. The lowest BCUT2D eigenvalue weighted by molar-refractivity contribution is 0.143. The Labute approximate surface area is 158 Å².